The molecule has 0 unspecified atom stereocenters. The van der Waals surface area contributed by atoms with E-state index in [4.69, 9.17) is 5.26 Å². The standard InChI is InChI=1S/CH4N4O2S/c2-1-4-5-8(3,6)7/h4-5H,(H2,3,6,7). The van der Waals surface area contributed by atoms with Crippen LogP contribution in [0.25, 0.3) is 0 Å². The summed E-state index contributed by atoms with van der Waals surface area (Å²) >= 11 is 0. The Morgan fingerprint density at radius 2 is 2.12 bits per heavy atom. The van der Waals surface area contributed by atoms with Crippen LogP contribution >= 0.6 is 0 Å². The Morgan fingerprint density at radius 1 is 1.62 bits per heavy atom. The van der Waals surface area contributed by atoms with Gasteiger partial charge in [0, 0.05) is 0 Å². The molecule has 0 heterocycles. The van der Waals surface area contributed by atoms with Crippen LogP contribution in [-0.4, -0.2) is 8.42 Å². The van der Waals surface area contributed by atoms with Crippen molar-refractivity contribution in [2.24, 2.45) is 5.14 Å². The number of nitrogens with one attached hydrogen (secondary N) is 2. The van der Waals surface area contributed by atoms with E-state index < -0.39 is 10.2 Å². The van der Waals surface area contributed by atoms with E-state index in [-0.39, 0.29) is 0 Å². The Balaban J connectivity index is 3.63. The van der Waals surface area contributed by atoms with Crippen molar-refractivity contribution < 1.29 is 8.42 Å². The molecule has 7 heteroatoms. The Hall–Kier alpha value is -0.840. The van der Waals surface area contributed by atoms with Crippen molar-refractivity contribution in [3.8, 4) is 6.19 Å². The van der Waals surface area contributed by atoms with E-state index in [2.05, 4.69) is 5.14 Å². The quantitative estimate of drug-likeness (QED) is 0.226. The van der Waals surface area contributed by atoms with Gasteiger partial charge in [0.2, 0.25) is 0 Å². The van der Waals surface area contributed by atoms with Crippen LogP contribution in [0.5, 0.6) is 0 Å². The Labute approximate surface area is 46.4 Å². The molecule has 0 aromatic heterocycles. The maximum absolute atomic E-state index is 9.84. The van der Waals surface area contributed by atoms with Crippen LogP contribution in [0.4, 0.5) is 0 Å². The predicted molar refractivity (Wildman–Crippen MR) is 25.0 cm³/mol. The first-order chi connectivity index (χ1) is 3.56. The molecular formula is CH4N4O2S. The molecular weight excluding hydrogens is 132 g/mol. The molecule has 0 saturated carbocycles. The van der Waals surface area contributed by atoms with Gasteiger partial charge in [-0.25, -0.2) is 10.6 Å². The third kappa shape index (κ3) is 5.16. The molecule has 0 aromatic rings. The van der Waals surface area contributed by atoms with E-state index in [9.17, 15) is 8.42 Å². The fourth-order valence-corrected chi connectivity index (χ4v) is 0.282. The maximum atomic E-state index is 9.84. The minimum atomic E-state index is -3.77. The molecule has 0 amide bonds. The average Bonchev–Trinajstić information content (AvgIpc) is 1.59. The molecule has 6 nitrogen and oxygen atoms in total. The Bertz CT molecular complexity index is 187. The van der Waals surface area contributed by atoms with Gasteiger partial charge < -0.3 is 0 Å². The molecule has 0 rings (SSSR count). The third-order valence-electron chi connectivity index (χ3n) is 0.249. The minimum absolute atomic E-state index is 1.30. The summed E-state index contributed by atoms with van der Waals surface area (Å²) in [6, 6.07) is 0. The van der Waals surface area contributed by atoms with E-state index in [0.29, 0.717) is 0 Å². The average molecular weight is 136 g/mol. The van der Waals surface area contributed by atoms with Crippen LogP contribution in [-0.2, 0) is 10.2 Å². The van der Waals surface area contributed by atoms with E-state index in [1.807, 2.05) is 0 Å². The van der Waals surface area contributed by atoms with Gasteiger partial charge >= 0.3 is 0 Å². The van der Waals surface area contributed by atoms with Crippen LogP contribution in [0.15, 0.2) is 0 Å². The number of hydrogen-bond donors (Lipinski definition) is 3. The first-order valence-corrected chi connectivity index (χ1v) is 3.04. The fraction of sp³-hybridized carbons (Fsp3) is 0. The van der Waals surface area contributed by atoms with Crippen LogP contribution in [0, 0.1) is 11.5 Å². The zero-order chi connectivity index (χ0) is 6.62. The Kier molecular flexibility index (Phi) is 2.20. The molecule has 0 radical (unpaired) electrons. The van der Waals surface area contributed by atoms with Gasteiger partial charge in [-0.15, -0.1) is 4.83 Å². The van der Waals surface area contributed by atoms with Crippen molar-refractivity contribution in [3.63, 3.8) is 0 Å². The highest BCUT2D eigenvalue weighted by Crippen LogP contribution is 1.55. The van der Waals surface area contributed by atoms with Crippen molar-refractivity contribution >= 4 is 10.2 Å². The number of rotatable bonds is 2. The zero-order valence-electron chi connectivity index (χ0n) is 3.75. The van der Waals surface area contributed by atoms with Gasteiger partial charge in [-0.3, -0.25) is 0 Å². The summed E-state index contributed by atoms with van der Waals surface area (Å²) in [5.41, 5.74) is 1.63. The fourth-order valence-electron chi connectivity index (χ4n) is 0.0940. The molecule has 4 N–H and O–H groups in total. The van der Waals surface area contributed by atoms with Gasteiger partial charge in [0.25, 0.3) is 10.2 Å². The lowest BCUT2D eigenvalue weighted by Gasteiger charge is -1.92. The van der Waals surface area contributed by atoms with Crippen molar-refractivity contribution in [1.82, 2.24) is 10.3 Å². The van der Waals surface area contributed by atoms with Gasteiger partial charge in [-0.2, -0.15) is 13.7 Å². The topological polar surface area (TPSA) is 108 Å². The second-order valence-electron chi connectivity index (χ2n) is 0.884. The second kappa shape index (κ2) is 2.46. The molecule has 0 aliphatic carbocycles. The summed E-state index contributed by atoms with van der Waals surface area (Å²) < 4.78 is 19.7. The number of nitrogens with zero attached hydrogens (tertiary/aromatic N) is 1. The van der Waals surface area contributed by atoms with Gasteiger partial charge in [-0.1, -0.05) is 0 Å². The van der Waals surface area contributed by atoms with Crippen molar-refractivity contribution in [3.05, 3.63) is 0 Å². The Morgan fingerprint density at radius 3 is 2.25 bits per heavy atom. The van der Waals surface area contributed by atoms with Crippen LogP contribution < -0.4 is 15.4 Å². The van der Waals surface area contributed by atoms with E-state index in [0.717, 1.165) is 0 Å². The van der Waals surface area contributed by atoms with Gasteiger partial charge in [0.1, 0.15) is 0 Å². The summed E-state index contributed by atoms with van der Waals surface area (Å²) in [5.74, 6) is 0. The highest BCUT2D eigenvalue weighted by Gasteiger charge is 1.94. The van der Waals surface area contributed by atoms with Crippen LogP contribution in [0.3, 0.4) is 0 Å². The third-order valence-corrected chi connectivity index (χ3v) is 0.636. The molecule has 0 fully saturated rings. The molecule has 46 valence electrons. The van der Waals surface area contributed by atoms with Crippen molar-refractivity contribution in [1.29, 1.82) is 5.26 Å². The van der Waals surface area contributed by atoms with Gasteiger partial charge in [0.05, 0.1) is 0 Å². The van der Waals surface area contributed by atoms with Crippen molar-refractivity contribution in [2.45, 2.75) is 0 Å². The first-order valence-electron chi connectivity index (χ1n) is 1.50. The van der Waals surface area contributed by atoms with Crippen LogP contribution in [0.2, 0.25) is 0 Å². The summed E-state index contributed by atoms with van der Waals surface area (Å²) in [6.45, 7) is 0. The molecule has 0 aromatic carbocycles. The van der Waals surface area contributed by atoms with Gasteiger partial charge in [-0.05, 0) is 0 Å². The highest BCUT2D eigenvalue weighted by molar-refractivity contribution is 7.87. The summed E-state index contributed by atoms with van der Waals surface area (Å²) in [6.07, 6.45) is 1.30. The molecule has 0 atom stereocenters. The number of hydrazine groups is 1. The van der Waals surface area contributed by atoms with Crippen molar-refractivity contribution in [2.75, 3.05) is 0 Å². The molecule has 0 saturated heterocycles. The first kappa shape index (κ1) is 7.16. The van der Waals surface area contributed by atoms with E-state index in [1.165, 1.54) is 11.0 Å². The highest BCUT2D eigenvalue weighted by atomic mass is 32.2. The SMILES string of the molecule is N#CNNS(N)(=O)=O. The molecule has 0 bridgehead atoms. The van der Waals surface area contributed by atoms with E-state index >= 15 is 0 Å². The molecule has 0 aliphatic heterocycles. The largest absolute Gasteiger partial charge is 0.291 e. The van der Waals surface area contributed by atoms with Gasteiger partial charge in [0.15, 0.2) is 6.19 Å². The summed E-state index contributed by atoms with van der Waals surface area (Å²) in [4.78, 5) is 1.51. The second-order valence-corrected chi connectivity index (χ2v) is 2.18. The summed E-state index contributed by atoms with van der Waals surface area (Å²) in [7, 11) is -3.77. The molecule has 0 spiro atoms. The lowest BCUT2D eigenvalue weighted by Crippen LogP contribution is -2.38. The lowest BCUT2D eigenvalue weighted by atomic mass is 11.4. The molecule has 0 aliphatic rings. The normalized spacial score (nSPS) is 10.0. The smallest absolute Gasteiger partial charge is 0.243 e. The number of hydrogen-bond acceptors (Lipinski definition) is 4. The summed E-state index contributed by atoms with van der Waals surface area (Å²) in [5, 5.41) is 12.1. The zero-order valence-corrected chi connectivity index (χ0v) is 4.57. The minimum Gasteiger partial charge on any atom is -0.243 e. The number of nitrogens with two attached hydrogens (primary N) is 1. The monoisotopic (exact) mass is 136 g/mol. The molecule has 8 heavy (non-hydrogen) atoms. The van der Waals surface area contributed by atoms with Crippen LogP contribution in [0.1, 0.15) is 0 Å². The number of nitriles is 1. The maximum Gasteiger partial charge on any atom is 0.291 e. The van der Waals surface area contributed by atoms with E-state index in [1.54, 1.807) is 5.43 Å². The lowest BCUT2D eigenvalue weighted by molar-refractivity contribution is 0.577. The predicted octanol–water partition coefficient (Wildman–Crippen LogP) is -2.23.